The number of para-hydroxylation sites is 1. The summed E-state index contributed by atoms with van der Waals surface area (Å²) < 4.78 is 30.0. The van der Waals surface area contributed by atoms with Gasteiger partial charge in [-0.25, -0.2) is 9.82 Å². The van der Waals surface area contributed by atoms with E-state index in [1.165, 1.54) is 25.5 Å². The number of nitrogens with one attached hydrogen (secondary N) is 1. The standard InChI is InChI=1S/C25H25FN2O4/c1-17-6-4-7-18(2)25(17)32-16-24(29)28-27-14-19-10-11-22(23(13-19)30-3)31-15-20-8-5-9-21(26)12-20/h4-14H,15-16H2,1-3H3,(H,28,29)/b27-14+. The molecule has 0 spiro atoms. The lowest BCUT2D eigenvalue weighted by Crippen LogP contribution is -2.25. The third-order valence-electron chi connectivity index (χ3n) is 4.63. The smallest absolute Gasteiger partial charge is 0.277 e. The number of rotatable bonds is 9. The van der Waals surface area contributed by atoms with Gasteiger partial charge >= 0.3 is 0 Å². The summed E-state index contributed by atoms with van der Waals surface area (Å²) in [7, 11) is 1.53. The molecule has 3 aromatic carbocycles. The lowest BCUT2D eigenvalue weighted by molar-refractivity contribution is -0.123. The van der Waals surface area contributed by atoms with E-state index in [2.05, 4.69) is 10.5 Å². The fraction of sp³-hybridized carbons (Fsp3) is 0.200. The molecule has 0 aliphatic carbocycles. The van der Waals surface area contributed by atoms with Crippen molar-refractivity contribution in [2.45, 2.75) is 20.5 Å². The van der Waals surface area contributed by atoms with Crippen LogP contribution < -0.4 is 19.6 Å². The lowest BCUT2D eigenvalue weighted by atomic mass is 10.1. The number of ether oxygens (including phenoxy) is 3. The Balaban J connectivity index is 1.54. The summed E-state index contributed by atoms with van der Waals surface area (Å²) in [5, 5.41) is 3.96. The summed E-state index contributed by atoms with van der Waals surface area (Å²) in [6.45, 7) is 3.92. The van der Waals surface area contributed by atoms with Gasteiger partial charge in [0, 0.05) is 0 Å². The maximum atomic E-state index is 13.3. The number of methoxy groups -OCH3 is 1. The normalized spacial score (nSPS) is 10.8. The van der Waals surface area contributed by atoms with E-state index in [9.17, 15) is 9.18 Å². The summed E-state index contributed by atoms with van der Waals surface area (Å²) in [4.78, 5) is 12.0. The van der Waals surface area contributed by atoms with Gasteiger partial charge in [0.15, 0.2) is 18.1 Å². The van der Waals surface area contributed by atoms with Gasteiger partial charge in [0.1, 0.15) is 18.2 Å². The molecule has 0 aliphatic rings. The molecule has 0 unspecified atom stereocenters. The second-order valence-corrected chi connectivity index (χ2v) is 7.13. The molecule has 0 fully saturated rings. The highest BCUT2D eigenvalue weighted by molar-refractivity contribution is 5.83. The second-order valence-electron chi connectivity index (χ2n) is 7.13. The van der Waals surface area contributed by atoms with E-state index < -0.39 is 0 Å². The highest BCUT2D eigenvalue weighted by atomic mass is 19.1. The number of nitrogens with zero attached hydrogens (tertiary/aromatic N) is 1. The van der Waals surface area contributed by atoms with Crippen LogP contribution in [0, 0.1) is 19.7 Å². The Morgan fingerprint density at radius 1 is 1.00 bits per heavy atom. The molecular formula is C25H25FN2O4. The first-order chi connectivity index (χ1) is 15.5. The van der Waals surface area contributed by atoms with Crippen LogP contribution in [0.5, 0.6) is 17.2 Å². The van der Waals surface area contributed by atoms with Crippen LogP contribution in [0.15, 0.2) is 65.8 Å². The fourth-order valence-corrected chi connectivity index (χ4v) is 3.05. The van der Waals surface area contributed by atoms with E-state index in [1.807, 2.05) is 32.0 Å². The highest BCUT2D eigenvalue weighted by Gasteiger charge is 2.08. The summed E-state index contributed by atoms with van der Waals surface area (Å²) in [6, 6.07) is 17.2. The minimum atomic E-state index is -0.370. The molecule has 3 aromatic rings. The van der Waals surface area contributed by atoms with Gasteiger partial charge in [-0.05, 0) is 66.4 Å². The molecule has 7 heteroatoms. The van der Waals surface area contributed by atoms with Crippen molar-refractivity contribution in [3.63, 3.8) is 0 Å². The Morgan fingerprint density at radius 2 is 1.75 bits per heavy atom. The number of amides is 1. The molecule has 0 bridgehead atoms. The predicted molar refractivity (Wildman–Crippen MR) is 121 cm³/mol. The lowest BCUT2D eigenvalue weighted by Gasteiger charge is -2.11. The summed E-state index contributed by atoms with van der Waals surface area (Å²) >= 11 is 0. The molecule has 32 heavy (non-hydrogen) atoms. The number of hydrogen-bond acceptors (Lipinski definition) is 5. The second kappa shape index (κ2) is 10.9. The van der Waals surface area contributed by atoms with Crippen molar-refractivity contribution in [2.75, 3.05) is 13.7 Å². The van der Waals surface area contributed by atoms with Crippen molar-refractivity contribution in [3.05, 3.63) is 88.7 Å². The molecule has 0 saturated carbocycles. The number of benzene rings is 3. The van der Waals surface area contributed by atoms with Gasteiger partial charge in [0.25, 0.3) is 5.91 Å². The average molecular weight is 436 g/mol. The van der Waals surface area contributed by atoms with Crippen molar-refractivity contribution < 1.29 is 23.4 Å². The number of hydrogen-bond donors (Lipinski definition) is 1. The van der Waals surface area contributed by atoms with E-state index in [4.69, 9.17) is 14.2 Å². The molecule has 0 aromatic heterocycles. The largest absolute Gasteiger partial charge is 0.493 e. The van der Waals surface area contributed by atoms with E-state index in [0.29, 0.717) is 28.4 Å². The number of carbonyl (C=O) groups is 1. The average Bonchev–Trinajstić information content (AvgIpc) is 2.78. The van der Waals surface area contributed by atoms with Crippen LogP contribution in [0.25, 0.3) is 0 Å². The van der Waals surface area contributed by atoms with Crippen molar-refractivity contribution in [2.24, 2.45) is 5.10 Å². The van der Waals surface area contributed by atoms with Crippen LogP contribution in [0.4, 0.5) is 4.39 Å². The molecule has 166 valence electrons. The zero-order chi connectivity index (χ0) is 22.9. The van der Waals surface area contributed by atoms with E-state index in [0.717, 1.165) is 11.1 Å². The van der Waals surface area contributed by atoms with Gasteiger partial charge in [-0.15, -0.1) is 0 Å². The molecule has 0 atom stereocenters. The molecule has 1 amide bonds. The zero-order valence-corrected chi connectivity index (χ0v) is 18.2. The molecular weight excluding hydrogens is 411 g/mol. The first-order valence-corrected chi connectivity index (χ1v) is 10.0. The molecule has 0 aliphatic heterocycles. The molecule has 0 radical (unpaired) electrons. The first kappa shape index (κ1) is 22.8. The van der Waals surface area contributed by atoms with Crippen LogP contribution in [0.1, 0.15) is 22.3 Å². The Morgan fingerprint density at radius 3 is 2.47 bits per heavy atom. The molecule has 6 nitrogen and oxygen atoms in total. The van der Waals surface area contributed by atoms with Gasteiger partial charge in [-0.2, -0.15) is 5.10 Å². The predicted octanol–water partition coefficient (Wildman–Crippen LogP) is 4.56. The van der Waals surface area contributed by atoms with Crippen LogP contribution in [0.2, 0.25) is 0 Å². The van der Waals surface area contributed by atoms with Gasteiger partial charge in [0.2, 0.25) is 0 Å². The Kier molecular flexibility index (Phi) is 7.80. The monoisotopic (exact) mass is 436 g/mol. The minimum Gasteiger partial charge on any atom is -0.493 e. The summed E-state index contributed by atoms with van der Waals surface area (Å²) in [6.07, 6.45) is 1.50. The van der Waals surface area contributed by atoms with Crippen LogP contribution in [-0.4, -0.2) is 25.8 Å². The molecule has 0 heterocycles. The number of hydrazone groups is 1. The molecule has 3 rings (SSSR count). The zero-order valence-electron chi connectivity index (χ0n) is 18.2. The molecule has 1 N–H and O–H groups in total. The third kappa shape index (κ3) is 6.31. The topological polar surface area (TPSA) is 69.2 Å². The Bertz CT molecular complexity index is 1090. The summed E-state index contributed by atoms with van der Waals surface area (Å²) in [5.41, 5.74) is 5.79. The van der Waals surface area contributed by atoms with Crippen molar-refractivity contribution >= 4 is 12.1 Å². The van der Waals surface area contributed by atoms with Gasteiger partial charge in [0.05, 0.1) is 13.3 Å². The summed E-state index contributed by atoms with van der Waals surface area (Å²) in [5.74, 6) is 1.03. The van der Waals surface area contributed by atoms with E-state index in [-0.39, 0.29) is 24.9 Å². The number of carbonyl (C=O) groups excluding carboxylic acids is 1. The van der Waals surface area contributed by atoms with E-state index >= 15 is 0 Å². The van der Waals surface area contributed by atoms with Crippen molar-refractivity contribution in [3.8, 4) is 17.2 Å². The maximum absolute atomic E-state index is 13.3. The Labute approximate surface area is 186 Å². The number of aryl methyl sites for hydroxylation is 2. The SMILES string of the molecule is COc1cc(/C=N/NC(=O)COc2c(C)cccc2C)ccc1OCc1cccc(F)c1. The highest BCUT2D eigenvalue weighted by Crippen LogP contribution is 2.28. The third-order valence-corrected chi connectivity index (χ3v) is 4.63. The van der Waals surface area contributed by atoms with Gasteiger partial charge < -0.3 is 14.2 Å². The number of halogens is 1. The van der Waals surface area contributed by atoms with Gasteiger partial charge in [-0.1, -0.05) is 30.3 Å². The van der Waals surface area contributed by atoms with Crippen molar-refractivity contribution in [1.82, 2.24) is 5.43 Å². The van der Waals surface area contributed by atoms with Gasteiger partial charge in [-0.3, -0.25) is 4.79 Å². The molecule has 0 saturated heterocycles. The van der Waals surface area contributed by atoms with Crippen molar-refractivity contribution in [1.29, 1.82) is 0 Å². The van der Waals surface area contributed by atoms with Crippen LogP contribution >= 0.6 is 0 Å². The van der Waals surface area contributed by atoms with E-state index in [1.54, 1.807) is 30.3 Å². The van der Waals surface area contributed by atoms with Crippen LogP contribution in [-0.2, 0) is 11.4 Å². The maximum Gasteiger partial charge on any atom is 0.277 e. The fourth-order valence-electron chi connectivity index (χ4n) is 3.05. The quantitative estimate of drug-likeness (QED) is 0.394. The first-order valence-electron chi connectivity index (χ1n) is 10.0. The minimum absolute atomic E-state index is 0.140. The Hall–Kier alpha value is -3.87. The van der Waals surface area contributed by atoms with Crippen LogP contribution in [0.3, 0.4) is 0 Å².